The molecule has 0 N–H and O–H groups in total. The lowest BCUT2D eigenvalue weighted by molar-refractivity contribution is 0.326. The lowest BCUT2D eigenvalue weighted by Gasteiger charge is -2.21. The van der Waals surface area contributed by atoms with Gasteiger partial charge in [0.05, 0.1) is 68.1 Å². The van der Waals surface area contributed by atoms with E-state index in [4.69, 9.17) is 70.6 Å². The van der Waals surface area contributed by atoms with Crippen molar-refractivity contribution in [1.29, 1.82) is 0 Å². The highest BCUT2D eigenvalue weighted by molar-refractivity contribution is 9.10. The molecule has 0 aromatic heterocycles. The van der Waals surface area contributed by atoms with Crippen LogP contribution in [0.25, 0.3) is 0 Å². The van der Waals surface area contributed by atoms with Crippen molar-refractivity contribution in [2.75, 3.05) is 112 Å². The Bertz CT molecular complexity index is 2300. The van der Waals surface area contributed by atoms with Crippen LogP contribution in [0.3, 0.4) is 0 Å². The molecular formula is C53H60Br6Cl2O10. The molecule has 10 aliphatic carbocycles. The molecule has 10 bridgehead atoms. The SMILES string of the molecule is COc1cc2c(OC)cc1Cc1cc(OCCBr)c(cc1OCCBr)Cc1cc(OC)c(cc1OC)Cc1cc(OCCBr)c(cc1OCCBr)Cc1cc(OCCBr)c(cc1OCCBr)C2.ClCCCl. The molecule has 0 saturated heterocycles. The molecule has 0 heterocycles. The van der Waals surface area contributed by atoms with E-state index >= 15 is 0 Å². The van der Waals surface area contributed by atoms with Crippen LogP contribution in [-0.2, 0) is 32.1 Å². The van der Waals surface area contributed by atoms with Gasteiger partial charge in [-0.3, -0.25) is 0 Å². The molecule has 0 aliphatic heterocycles. The highest BCUT2D eigenvalue weighted by atomic mass is 79.9. The average molecular weight is 1410 g/mol. The molecule has 10 aliphatic rings. The van der Waals surface area contributed by atoms with Gasteiger partial charge in [0.15, 0.2) is 0 Å². The number of methoxy groups -OCH3 is 4. The van der Waals surface area contributed by atoms with Gasteiger partial charge in [-0.05, 0) is 60.7 Å². The van der Waals surface area contributed by atoms with Gasteiger partial charge in [0.2, 0.25) is 0 Å². The Morgan fingerprint density at radius 3 is 0.549 bits per heavy atom. The molecule has 0 spiro atoms. The number of hydrogen-bond donors (Lipinski definition) is 0. The molecule has 5 aromatic carbocycles. The van der Waals surface area contributed by atoms with Crippen LogP contribution in [0.5, 0.6) is 57.5 Å². The molecule has 10 nitrogen and oxygen atoms in total. The largest absolute Gasteiger partial charge is 0.496 e. The minimum atomic E-state index is 0.459. The highest BCUT2D eigenvalue weighted by Crippen LogP contribution is 2.43. The summed E-state index contributed by atoms with van der Waals surface area (Å²) in [7, 11) is 6.78. The van der Waals surface area contributed by atoms with Crippen molar-refractivity contribution in [2.45, 2.75) is 32.1 Å². The monoisotopic (exact) mass is 1400 g/mol. The van der Waals surface area contributed by atoms with E-state index in [0.29, 0.717) is 138 Å². The molecule has 0 amide bonds. The fourth-order valence-electron chi connectivity index (χ4n) is 8.09. The van der Waals surface area contributed by atoms with Crippen LogP contribution in [0.1, 0.15) is 55.6 Å². The summed E-state index contributed by atoms with van der Waals surface area (Å²) in [5.74, 6) is 8.39. The smallest absolute Gasteiger partial charge is 0.123 e. The summed E-state index contributed by atoms with van der Waals surface area (Å²) >= 11 is 31.6. The van der Waals surface area contributed by atoms with Gasteiger partial charge >= 0.3 is 0 Å². The maximum Gasteiger partial charge on any atom is 0.123 e. The van der Waals surface area contributed by atoms with Crippen LogP contribution < -0.4 is 47.4 Å². The summed E-state index contributed by atoms with van der Waals surface area (Å²) in [6.45, 7) is 2.76. The number of hydrogen-bond acceptors (Lipinski definition) is 10. The number of halogens is 8. The maximum absolute atomic E-state index is 6.53. The lowest BCUT2D eigenvalue weighted by Crippen LogP contribution is -2.09. The second kappa shape index (κ2) is 32.1. The van der Waals surface area contributed by atoms with Gasteiger partial charge in [-0.15, -0.1) is 23.2 Å². The zero-order valence-corrected chi connectivity index (χ0v) is 51.3. The van der Waals surface area contributed by atoms with Crippen molar-refractivity contribution in [2.24, 2.45) is 0 Å². The first-order chi connectivity index (χ1) is 34.6. The van der Waals surface area contributed by atoms with Crippen molar-refractivity contribution in [1.82, 2.24) is 0 Å². The van der Waals surface area contributed by atoms with E-state index in [-0.39, 0.29) is 0 Å². The van der Waals surface area contributed by atoms with Gasteiger partial charge in [0.25, 0.3) is 0 Å². The number of alkyl halides is 8. The fourth-order valence-corrected chi connectivity index (χ4v) is 9.06. The molecule has 71 heavy (non-hydrogen) atoms. The third kappa shape index (κ3) is 17.0. The molecule has 0 fully saturated rings. The molecule has 18 heteroatoms. The maximum atomic E-state index is 6.53. The summed E-state index contributed by atoms with van der Waals surface area (Å²) in [5, 5.41) is 3.92. The normalized spacial score (nSPS) is 11.9. The first kappa shape index (κ1) is 59.4. The minimum absolute atomic E-state index is 0.459. The predicted molar refractivity (Wildman–Crippen MR) is 310 cm³/mol. The van der Waals surface area contributed by atoms with Crippen molar-refractivity contribution < 1.29 is 47.4 Å². The van der Waals surface area contributed by atoms with Gasteiger partial charge in [-0.25, -0.2) is 0 Å². The van der Waals surface area contributed by atoms with Gasteiger partial charge < -0.3 is 47.4 Å². The lowest BCUT2D eigenvalue weighted by atomic mass is 9.94. The number of rotatable bonds is 23. The van der Waals surface area contributed by atoms with Gasteiger partial charge in [-0.1, -0.05) is 95.6 Å². The minimum Gasteiger partial charge on any atom is -0.496 e. The van der Waals surface area contributed by atoms with Gasteiger partial charge in [0, 0.05) is 131 Å². The van der Waals surface area contributed by atoms with E-state index in [1.807, 2.05) is 0 Å². The van der Waals surface area contributed by atoms with Crippen molar-refractivity contribution >= 4 is 119 Å². The standard InChI is InChI=1S/C51H56Br6O10.C2H4Cl2/c1-58-42-24-34-19-38-28-50(66-15-9-56)40(30-48(38)64-13-7-54)21-41-31-49(65-14-8-55)39(29-51(41)67-16-10-57)20-35-25-43(59-2)33(23-45(35)61-4)18-37-27-46(62-11-5-52)36(26-47(37)63-12-6-53)17-32(42)22-44(34)60-3;3-1-2-4/h22-31H,5-21H2,1-4H3;1-2H2. The van der Waals surface area contributed by atoms with E-state index in [1.165, 1.54) is 0 Å². The summed E-state index contributed by atoms with van der Waals surface area (Å²) < 4.78 is 63.7. The van der Waals surface area contributed by atoms with Crippen molar-refractivity contribution in [3.8, 4) is 57.5 Å². The highest BCUT2D eigenvalue weighted by Gasteiger charge is 2.24. The van der Waals surface area contributed by atoms with Gasteiger partial charge in [-0.2, -0.15) is 0 Å². The average Bonchev–Trinajstić information content (AvgIpc) is 3.39. The van der Waals surface area contributed by atoms with E-state index in [9.17, 15) is 0 Å². The summed E-state index contributed by atoms with van der Waals surface area (Å²) in [4.78, 5) is 0. The molecule has 5 aromatic rings. The summed E-state index contributed by atoms with van der Waals surface area (Å²) in [6, 6.07) is 20.7. The van der Waals surface area contributed by atoms with Gasteiger partial charge in [0.1, 0.15) is 57.5 Å². The number of benzene rings is 5. The van der Waals surface area contributed by atoms with Crippen LogP contribution in [0, 0.1) is 0 Å². The predicted octanol–water partition coefficient (Wildman–Crippen LogP) is 14.1. The van der Waals surface area contributed by atoms with Crippen LogP contribution in [0.4, 0.5) is 0 Å². The Morgan fingerprint density at radius 1 is 0.282 bits per heavy atom. The third-order valence-corrected chi connectivity index (χ3v) is 13.6. The fraction of sp³-hybridized carbons (Fsp3) is 0.434. The second-order valence-electron chi connectivity index (χ2n) is 15.6. The Hall–Kier alpha value is -2.44. The molecule has 0 atom stereocenters. The zero-order chi connectivity index (χ0) is 51.1. The molecule has 0 saturated carbocycles. The van der Waals surface area contributed by atoms with Crippen LogP contribution in [-0.4, -0.2) is 112 Å². The first-order valence-corrected chi connectivity index (χ1v) is 30.7. The molecule has 0 radical (unpaired) electrons. The van der Waals surface area contributed by atoms with Crippen LogP contribution >= 0.6 is 119 Å². The Balaban J connectivity index is 0.00000226. The van der Waals surface area contributed by atoms with E-state index in [1.54, 1.807) is 28.4 Å². The van der Waals surface area contributed by atoms with E-state index < -0.39 is 0 Å². The Kier molecular flexibility index (Phi) is 26.9. The quantitative estimate of drug-likeness (QED) is 0.0578. The van der Waals surface area contributed by atoms with E-state index in [2.05, 4.69) is 156 Å². The first-order valence-electron chi connectivity index (χ1n) is 22.9. The molecule has 388 valence electrons. The Morgan fingerprint density at radius 2 is 0.423 bits per heavy atom. The summed E-state index contributed by atoms with van der Waals surface area (Å²) in [5.41, 5.74) is 9.32. The zero-order valence-electron chi connectivity index (χ0n) is 40.3. The molecule has 0 unspecified atom stereocenters. The number of ether oxygens (including phenoxy) is 10. The summed E-state index contributed by atoms with van der Waals surface area (Å²) in [6.07, 6.45) is 2.40. The van der Waals surface area contributed by atoms with E-state index in [0.717, 1.165) is 90.1 Å². The van der Waals surface area contributed by atoms with Crippen molar-refractivity contribution in [3.63, 3.8) is 0 Å². The third-order valence-electron chi connectivity index (χ3n) is 11.1. The van der Waals surface area contributed by atoms with Crippen molar-refractivity contribution in [3.05, 3.63) is 116 Å². The topological polar surface area (TPSA) is 92.3 Å². The Labute approximate surface area is 479 Å². The molecular weight excluding hydrogens is 1350 g/mol. The van der Waals surface area contributed by atoms with Crippen LogP contribution in [0.15, 0.2) is 60.7 Å². The molecule has 15 rings (SSSR count). The second-order valence-corrected chi connectivity index (χ2v) is 21.2. The van der Waals surface area contributed by atoms with Crippen LogP contribution in [0.2, 0.25) is 0 Å².